The van der Waals surface area contributed by atoms with Crippen molar-refractivity contribution in [1.29, 1.82) is 0 Å². The SMILES string of the molecule is COc1ccc(-c2[c]cccc2S(=O)(=O)C(F)(F)F)cc1Cl. The lowest BCUT2D eigenvalue weighted by molar-refractivity contribution is -0.0435. The van der Waals surface area contributed by atoms with Gasteiger partial charge >= 0.3 is 5.51 Å². The average Bonchev–Trinajstić information content (AvgIpc) is 2.46. The molecule has 22 heavy (non-hydrogen) atoms. The summed E-state index contributed by atoms with van der Waals surface area (Å²) in [6, 6.07) is 10.1. The first-order valence-corrected chi connectivity index (χ1v) is 7.70. The van der Waals surface area contributed by atoms with Crippen LogP contribution in [0.25, 0.3) is 11.1 Å². The molecule has 0 amide bonds. The van der Waals surface area contributed by atoms with Gasteiger partial charge in [-0.25, -0.2) is 8.42 Å². The standard InChI is InChI=1S/C14H9ClF3O3S/c1-21-12-7-6-9(8-11(12)15)10-4-2-3-5-13(10)22(19,20)14(16,17)18/h2-3,5-8H,1H3. The third kappa shape index (κ3) is 2.91. The Morgan fingerprint density at radius 3 is 2.45 bits per heavy atom. The van der Waals surface area contributed by atoms with E-state index in [-0.39, 0.29) is 16.1 Å². The van der Waals surface area contributed by atoms with Gasteiger partial charge in [-0.15, -0.1) is 0 Å². The van der Waals surface area contributed by atoms with Crippen molar-refractivity contribution in [1.82, 2.24) is 0 Å². The van der Waals surface area contributed by atoms with E-state index in [9.17, 15) is 21.6 Å². The summed E-state index contributed by atoms with van der Waals surface area (Å²) in [7, 11) is -4.11. The summed E-state index contributed by atoms with van der Waals surface area (Å²) in [6.07, 6.45) is 0. The number of halogens is 4. The van der Waals surface area contributed by atoms with Crippen molar-refractivity contribution in [3.05, 3.63) is 47.5 Å². The van der Waals surface area contributed by atoms with Crippen LogP contribution in [0.3, 0.4) is 0 Å². The second-order valence-electron chi connectivity index (χ2n) is 4.21. The summed E-state index contributed by atoms with van der Waals surface area (Å²) in [6.45, 7) is 0. The monoisotopic (exact) mass is 349 g/mol. The van der Waals surface area contributed by atoms with Gasteiger partial charge in [0.15, 0.2) is 0 Å². The van der Waals surface area contributed by atoms with Crippen molar-refractivity contribution in [2.24, 2.45) is 0 Å². The van der Waals surface area contributed by atoms with Crippen LogP contribution in [-0.2, 0) is 9.84 Å². The number of hydrogen-bond acceptors (Lipinski definition) is 3. The van der Waals surface area contributed by atoms with Crippen molar-refractivity contribution in [2.75, 3.05) is 7.11 Å². The van der Waals surface area contributed by atoms with Crippen molar-refractivity contribution in [2.45, 2.75) is 10.4 Å². The topological polar surface area (TPSA) is 43.4 Å². The Kier molecular flexibility index (Phi) is 4.39. The normalized spacial score (nSPS) is 12.2. The average molecular weight is 350 g/mol. The van der Waals surface area contributed by atoms with Crippen LogP contribution in [0.5, 0.6) is 5.75 Å². The minimum atomic E-state index is -5.49. The Labute approximate surface area is 130 Å². The molecule has 2 aromatic rings. The Bertz CT molecular complexity index is 801. The van der Waals surface area contributed by atoms with Crippen LogP contribution in [0.1, 0.15) is 0 Å². The van der Waals surface area contributed by atoms with E-state index in [0.717, 1.165) is 6.07 Å². The molecule has 0 aliphatic heterocycles. The molecule has 0 aliphatic rings. The predicted octanol–water partition coefficient (Wildman–Crippen LogP) is 4.11. The molecule has 0 saturated heterocycles. The molecular formula is C14H9ClF3O3S. The molecule has 0 fully saturated rings. The molecule has 0 saturated carbocycles. The van der Waals surface area contributed by atoms with Gasteiger partial charge in [0.1, 0.15) is 5.75 Å². The lowest BCUT2D eigenvalue weighted by Gasteiger charge is -2.13. The molecule has 1 radical (unpaired) electrons. The van der Waals surface area contributed by atoms with Crippen LogP contribution >= 0.6 is 11.6 Å². The van der Waals surface area contributed by atoms with E-state index in [1.165, 1.54) is 37.4 Å². The summed E-state index contributed by atoms with van der Waals surface area (Å²) in [5, 5.41) is 0.146. The van der Waals surface area contributed by atoms with E-state index < -0.39 is 20.2 Å². The van der Waals surface area contributed by atoms with Gasteiger partial charge in [-0.05, 0) is 29.8 Å². The van der Waals surface area contributed by atoms with Crippen molar-refractivity contribution >= 4 is 21.4 Å². The molecule has 0 atom stereocenters. The molecule has 0 bridgehead atoms. The second kappa shape index (κ2) is 5.81. The Hall–Kier alpha value is -1.73. The molecule has 117 valence electrons. The molecule has 0 aliphatic carbocycles. The van der Waals surface area contributed by atoms with Crippen molar-refractivity contribution in [3.63, 3.8) is 0 Å². The van der Waals surface area contributed by atoms with E-state index in [1.807, 2.05) is 0 Å². The van der Waals surface area contributed by atoms with Crippen LogP contribution < -0.4 is 4.74 Å². The molecule has 3 nitrogen and oxygen atoms in total. The number of hydrogen-bond donors (Lipinski definition) is 0. The highest BCUT2D eigenvalue weighted by atomic mass is 35.5. The molecule has 0 N–H and O–H groups in total. The van der Waals surface area contributed by atoms with Crippen LogP contribution in [0.4, 0.5) is 13.2 Å². The van der Waals surface area contributed by atoms with Crippen LogP contribution in [0.15, 0.2) is 41.3 Å². The fourth-order valence-electron chi connectivity index (χ4n) is 1.82. The van der Waals surface area contributed by atoms with E-state index in [2.05, 4.69) is 6.07 Å². The predicted molar refractivity (Wildman–Crippen MR) is 75.5 cm³/mol. The van der Waals surface area contributed by atoms with Gasteiger partial charge in [0, 0.05) is 5.56 Å². The summed E-state index contributed by atoms with van der Waals surface area (Å²) < 4.78 is 66.5. The van der Waals surface area contributed by atoms with E-state index in [4.69, 9.17) is 16.3 Å². The first kappa shape index (κ1) is 16.6. The van der Waals surface area contributed by atoms with E-state index in [1.54, 1.807) is 0 Å². The van der Waals surface area contributed by atoms with Gasteiger partial charge < -0.3 is 4.74 Å². The second-order valence-corrected chi connectivity index (χ2v) is 6.52. The van der Waals surface area contributed by atoms with Crippen molar-refractivity contribution in [3.8, 4) is 16.9 Å². The van der Waals surface area contributed by atoms with Gasteiger partial charge in [0.05, 0.1) is 17.0 Å². The van der Waals surface area contributed by atoms with E-state index in [0.29, 0.717) is 5.75 Å². The third-order valence-corrected chi connectivity index (χ3v) is 4.68. The van der Waals surface area contributed by atoms with Gasteiger partial charge in [-0.1, -0.05) is 29.8 Å². The maximum atomic E-state index is 12.8. The zero-order valence-electron chi connectivity index (χ0n) is 11.1. The Morgan fingerprint density at radius 2 is 1.91 bits per heavy atom. The number of rotatable bonds is 3. The number of benzene rings is 2. The van der Waals surface area contributed by atoms with Gasteiger partial charge in [0.25, 0.3) is 9.84 Å². The Morgan fingerprint density at radius 1 is 1.23 bits per heavy atom. The van der Waals surface area contributed by atoms with Crippen LogP contribution in [0.2, 0.25) is 5.02 Å². The third-order valence-electron chi connectivity index (χ3n) is 2.85. The van der Waals surface area contributed by atoms with Gasteiger partial charge in [0.2, 0.25) is 0 Å². The minimum absolute atomic E-state index is 0.146. The zero-order valence-corrected chi connectivity index (χ0v) is 12.7. The number of sulfone groups is 1. The maximum absolute atomic E-state index is 12.8. The molecule has 2 aromatic carbocycles. The molecule has 0 unspecified atom stereocenters. The minimum Gasteiger partial charge on any atom is -0.495 e. The van der Waals surface area contributed by atoms with E-state index >= 15 is 0 Å². The first-order valence-electron chi connectivity index (χ1n) is 5.84. The van der Waals surface area contributed by atoms with Crippen molar-refractivity contribution < 1.29 is 26.3 Å². The maximum Gasteiger partial charge on any atom is 0.501 e. The zero-order chi connectivity index (χ0) is 16.5. The highest BCUT2D eigenvalue weighted by Crippen LogP contribution is 2.37. The summed E-state index contributed by atoms with van der Waals surface area (Å²) in [5.41, 5.74) is -5.41. The van der Waals surface area contributed by atoms with Gasteiger partial charge in [-0.2, -0.15) is 13.2 Å². The molecule has 0 aromatic heterocycles. The summed E-state index contributed by atoms with van der Waals surface area (Å²) in [5.74, 6) is 0.321. The summed E-state index contributed by atoms with van der Waals surface area (Å²) in [4.78, 5) is -0.872. The quantitative estimate of drug-likeness (QED) is 0.837. The molecule has 8 heteroatoms. The molecule has 0 spiro atoms. The Balaban J connectivity index is 2.67. The van der Waals surface area contributed by atoms with Gasteiger partial charge in [-0.3, -0.25) is 0 Å². The highest BCUT2D eigenvalue weighted by molar-refractivity contribution is 7.92. The molecule has 2 rings (SSSR count). The lowest BCUT2D eigenvalue weighted by atomic mass is 10.1. The largest absolute Gasteiger partial charge is 0.501 e. The molecule has 0 heterocycles. The summed E-state index contributed by atoms with van der Waals surface area (Å²) >= 11 is 5.93. The highest BCUT2D eigenvalue weighted by Gasteiger charge is 2.47. The van der Waals surface area contributed by atoms with Crippen LogP contribution in [0, 0.1) is 6.07 Å². The number of alkyl halides is 3. The number of methoxy groups -OCH3 is 1. The number of ether oxygens (including phenoxy) is 1. The molecular weight excluding hydrogens is 341 g/mol. The fraction of sp³-hybridized carbons (Fsp3) is 0.143. The first-order chi connectivity index (χ1) is 10.2. The lowest BCUT2D eigenvalue weighted by Crippen LogP contribution is -2.23. The fourth-order valence-corrected chi connectivity index (χ4v) is 3.03. The van der Waals surface area contributed by atoms with Crippen LogP contribution in [-0.4, -0.2) is 21.0 Å². The smallest absolute Gasteiger partial charge is 0.495 e.